The highest BCUT2D eigenvalue weighted by Crippen LogP contribution is 2.60. The van der Waals surface area contributed by atoms with Crippen LogP contribution < -0.4 is 4.74 Å². The zero-order valence-electron chi connectivity index (χ0n) is 19.3. The third kappa shape index (κ3) is 4.28. The Morgan fingerprint density at radius 3 is 2.66 bits per heavy atom. The maximum atomic E-state index is 13.2. The van der Waals surface area contributed by atoms with Crippen molar-refractivity contribution in [2.45, 2.75) is 32.2 Å². The SMILES string of the molecule is COc1ccc(-c2[nH]ncc2CN2CCC3(CC2)C[C@H]3C(=O)N2CCCN(C)CC2)cc1. The lowest BCUT2D eigenvalue weighted by atomic mass is 9.90. The summed E-state index contributed by atoms with van der Waals surface area (Å²) >= 11 is 0. The zero-order chi connectivity index (χ0) is 22.1. The van der Waals surface area contributed by atoms with Crippen molar-refractivity contribution in [3.63, 3.8) is 0 Å². The van der Waals surface area contributed by atoms with E-state index in [1.807, 2.05) is 18.3 Å². The number of benzene rings is 1. The fraction of sp³-hybridized carbons (Fsp3) is 0.600. The number of carbonyl (C=O) groups excluding carboxylic acids is 1. The van der Waals surface area contributed by atoms with Gasteiger partial charge >= 0.3 is 0 Å². The molecule has 2 aliphatic heterocycles. The van der Waals surface area contributed by atoms with Gasteiger partial charge in [0.05, 0.1) is 19.0 Å². The van der Waals surface area contributed by atoms with Gasteiger partial charge in [-0.25, -0.2) is 0 Å². The standard InChI is InChI=1S/C25H35N5O2/c1-28-10-3-11-30(15-14-28)24(31)22-16-25(22)8-12-29(13-9-25)18-20-17-26-27-23(20)19-4-6-21(32-2)7-5-19/h4-7,17,22H,3,8-16,18H2,1-2H3,(H,26,27)/t22-/m0/s1. The molecule has 7 heteroatoms. The zero-order valence-corrected chi connectivity index (χ0v) is 19.3. The van der Waals surface area contributed by atoms with Crippen LogP contribution in [-0.2, 0) is 11.3 Å². The van der Waals surface area contributed by atoms with Gasteiger partial charge in [0.1, 0.15) is 5.75 Å². The lowest BCUT2D eigenvalue weighted by Gasteiger charge is -2.33. The number of ether oxygens (including phenoxy) is 1. The fourth-order valence-electron chi connectivity index (χ4n) is 5.57. The van der Waals surface area contributed by atoms with Gasteiger partial charge in [0.15, 0.2) is 0 Å². The van der Waals surface area contributed by atoms with Crippen molar-refractivity contribution in [1.82, 2.24) is 24.9 Å². The summed E-state index contributed by atoms with van der Waals surface area (Å²) in [5, 5.41) is 7.48. The summed E-state index contributed by atoms with van der Waals surface area (Å²) in [6.07, 6.45) is 6.40. The average molecular weight is 438 g/mol. The van der Waals surface area contributed by atoms with E-state index in [9.17, 15) is 4.79 Å². The number of H-pyrrole nitrogens is 1. The summed E-state index contributed by atoms with van der Waals surface area (Å²) in [5.41, 5.74) is 3.70. The van der Waals surface area contributed by atoms with E-state index in [-0.39, 0.29) is 11.3 Å². The number of nitrogens with one attached hydrogen (secondary N) is 1. The highest BCUT2D eigenvalue weighted by Gasteiger charge is 2.59. The molecule has 1 aliphatic carbocycles. The molecule has 2 aromatic rings. The predicted octanol–water partition coefficient (Wildman–Crippen LogP) is 2.85. The van der Waals surface area contributed by atoms with Crippen molar-refractivity contribution >= 4 is 5.91 Å². The van der Waals surface area contributed by atoms with Crippen molar-refractivity contribution < 1.29 is 9.53 Å². The predicted molar refractivity (Wildman–Crippen MR) is 124 cm³/mol. The molecule has 3 heterocycles. The first kappa shape index (κ1) is 21.5. The van der Waals surface area contributed by atoms with Crippen LogP contribution in [0.5, 0.6) is 5.75 Å². The Labute approximate surface area is 190 Å². The number of piperidine rings is 1. The molecular weight excluding hydrogens is 402 g/mol. The van der Waals surface area contributed by atoms with E-state index in [2.05, 4.69) is 44.1 Å². The normalized spacial score (nSPS) is 23.8. The third-order valence-electron chi connectivity index (χ3n) is 7.86. The number of hydrogen-bond donors (Lipinski definition) is 1. The molecule has 0 bridgehead atoms. The number of amides is 1. The number of likely N-dealkylation sites (N-methyl/N-ethyl adjacent to an activating group) is 1. The van der Waals surface area contributed by atoms with Crippen LogP contribution in [0.25, 0.3) is 11.3 Å². The first-order valence-corrected chi connectivity index (χ1v) is 11.9. The van der Waals surface area contributed by atoms with E-state index in [4.69, 9.17) is 4.74 Å². The van der Waals surface area contributed by atoms with Gasteiger partial charge in [0.25, 0.3) is 0 Å². The second kappa shape index (κ2) is 8.87. The van der Waals surface area contributed by atoms with Crippen LogP contribution >= 0.6 is 0 Å². The third-order valence-corrected chi connectivity index (χ3v) is 7.86. The summed E-state index contributed by atoms with van der Waals surface area (Å²) in [7, 11) is 3.84. The molecule has 0 radical (unpaired) electrons. The number of likely N-dealkylation sites (tertiary alicyclic amines) is 1. The van der Waals surface area contributed by atoms with Crippen LogP contribution in [0.1, 0.15) is 31.2 Å². The Bertz CT molecular complexity index is 932. The second-order valence-corrected chi connectivity index (χ2v) is 9.88. The number of rotatable bonds is 5. The molecule has 0 unspecified atom stereocenters. The minimum atomic E-state index is 0.261. The van der Waals surface area contributed by atoms with Crippen molar-refractivity contribution in [2.75, 3.05) is 53.4 Å². The first-order chi connectivity index (χ1) is 15.6. The minimum Gasteiger partial charge on any atom is -0.497 e. The summed E-state index contributed by atoms with van der Waals surface area (Å²) in [6, 6.07) is 8.11. The summed E-state index contributed by atoms with van der Waals surface area (Å²) < 4.78 is 5.28. The second-order valence-electron chi connectivity index (χ2n) is 9.88. The lowest BCUT2D eigenvalue weighted by Crippen LogP contribution is -2.39. The van der Waals surface area contributed by atoms with Gasteiger partial charge in [-0.15, -0.1) is 0 Å². The van der Waals surface area contributed by atoms with Crippen LogP contribution in [0.3, 0.4) is 0 Å². The first-order valence-electron chi connectivity index (χ1n) is 11.9. The molecule has 5 rings (SSSR count). The van der Waals surface area contributed by atoms with Crippen molar-refractivity contribution in [3.8, 4) is 17.0 Å². The molecule has 1 atom stereocenters. The highest BCUT2D eigenvalue weighted by atomic mass is 16.5. The smallest absolute Gasteiger partial charge is 0.226 e. The Morgan fingerprint density at radius 1 is 1.12 bits per heavy atom. The number of carbonyl (C=O) groups is 1. The molecule has 3 fully saturated rings. The average Bonchev–Trinajstić information content (AvgIpc) is 3.40. The van der Waals surface area contributed by atoms with Gasteiger partial charge in [0.2, 0.25) is 5.91 Å². The van der Waals surface area contributed by atoms with Gasteiger partial charge in [0, 0.05) is 43.2 Å². The van der Waals surface area contributed by atoms with Crippen LogP contribution in [-0.4, -0.2) is 84.2 Å². The Morgan fingerprint density at radius 2 is 1.91 bits per heavy atom. The minimum absolute atomic E-state index is 0.261. The van der Waals surface area contributed by atoms with Gasteiger partial charge < -0.3 is 14.5 Å². The Kier molecular flexibility index (Phi) is 5.95. The Balaban J connectivity index is 1.16. The Hall–Kier alpha value is -2.38. The number of aromatic amines is 1. The molecule has 7 nitrogen and oxygen atoms in total. The number of hydrogen-bond acceptors (Lipinski definition) is 5. The van der Waals surface area contributed by atoms with E-state index in [0.717, 1.165) is 88.5 Å². The maximum Gasteiger partial charge on any atom is 0.226 e. The van der Waals surface area contributed by atoms with Crippen molar-refractivity contribution in [3.05, 3.63) is 36.0 Å². The molecule has 2 saturated heterocycles. The monoisotopic (exact) mass is 437 g/mol. The van der Waals surface area contributed by atoms with Crippen LogP contribution in [0.2, 0.25) is 0 Å². The van der Waals surface area contributed by atoms with Crippen LogP contribution in [0.15, 0.2) is 30.5 Å². The van der Waals surface area contributed by atoms with Crippen molar-refractivity contribution in [2.24, 2.45) is 11.3 Å². The molecule has 1 amide bonds. The molecule has 1 aromatic carbocycles. The van der Waals surface area contributed by atoms with E-state index in [1.54, 1.807) is 7.11 Å². The number of methoxy groups -OCH3 is 1. The molecule has 1 saturated carbocycles. The van der Waals surface area contributed by atoms with E-state index in [0.29, 0.717) is 5.91 Å². The fourth-order valence-corrected chi connectivity index (χ4v) is 5.57. The molecule has 172 valence electrons. The highest BCUT2D eigenvalue weighted by molar-refractivity contribution is 5.82. The number of nitrogens with zero attached hydrogens (tertiary/aromatic N) is 4. The summed E-state index contributed by atoms with van der Waals surface area (Å²) in [5.74, 6) is 1.54. The van der Waals surface area contributed by atoms with Crippen molar-refractivity contribution in [1.29, 1.82) is 0 Å². The molecule has 32 heavy (non-hydrogen) atoms. The quantitative estimate of drug-likeness (QED) is 0.779. The summed E-state index contributed by atoms with van der Waals surface area (Å²) in [4.78, 5) is 20.1. The largest absolute Gasteiger partial charge is 0.497 e. The number of aromatic nitrogens is 2. The van der Waals surface area contributed by atoms with Gasteiger partial charge in [-0.2, -0.15) is 5.10 Å². The molecule has 3 aliphatic rings. The molecule has 1 aromatic heterocycles. The molecule has 1 spiro atoms. The van der Waals surface area contributed by atoms with Gasteiger partial charge in [-0.3, -0.25) is 14.8 Å². The van der Waals surface area contributed by atoms with E-state index in [1.165, 1.54) is 5.56 Å². The van der Waals surface area contributed by atoms with E-state index < -0.39 is 0 Å². The van der Waals surface area contributed by atoms with Gasteiger partial charge in [-0.1, -0.05) is 0 Å². The lowest BCUT2D eigenvalue weighted by molar-refractivity contribution is -0.133. The molecular formula is C25H35N5O2. The van der Waals surface area contributed by atoms with Crippen LogP contribution in [0.4, 0.5) is 0 Å². The van der Waals surface area contributed by atoms with Crippen LogP contribution in [0, 0.1) is 11.3 Å². The van der Waals surface area contributed by atoms with Gasteiger partial charge in [-0.05, 0) is 82.0 Å². The summed E-state index contributed by atoms with van der Waals surface area (Å²) in [6.45, 7) is 6.92. The van der Waals surface area contributed by atoms with E-state index >= 15 is 0 Å². The molecule has 1 N–H and O–H groups in total. The maximum absolute atomic E-state index is 13.2. The topological polar surface area (TPSA) is 64.7 Å².